The predicted molar refractivity (Wildman–Crippen MR) is 143 cm³/mol. The maximum absolute atomic E-state index is 13.4. The van der Waals surface area contributed by atoms with Gasteiger partial charge < -0.3 is 9.72 Å². The molecule has 2 aromatic carbocycles. The molecule has 4 aromatic rings. The van der Waals surface area contributed by atoms with E-state index in [1.165, 1.54) is 30.8 Å². The minimum Gasteiger partial charge on any atom is -0.491 e. The lowest BCUT2D eigenvalue weighted by Gasteiger charge is -2.29. The number of aromatic amines is 1. The van der Waals surface area contributed by atoms with Gasteiger partial charge in [0.25, 0.3) is 11.1 Å². The van der Waals surface area contributed by atoms with Crippen LogP contribution in [-0.4, -0.2) is 38.5 Å². The maximum atomic E-state index is 13.4. The second-order valence-corrected chi connectivity index (χ2v) is 11.6. The highest BCUT2D eigenvalue weighted by atomic mass is 32.1. The van der Waals surface area contributed by atoms with Crippen molar-refractivity contribution in [3.63, 3.8) is 0 Å². The SMILES string of the molecule is O=c1[nH]c2cc(CN3CCCCC3)cc3c2nc1-c1cccc2c(=O)n(sc12)C1CCC(CC1)CO3. The third-order valence-electron chi connectivity index (χ3n) is 8.19. The second-order valence-electron chi connectivity index (χ2n) is 10.6. The van der Waals surface area contributed by atoms with Gasteiger partial charge in [-0.3, -0.25) is 18.4 Å². The summed E-state index contributed by atoms with van der Waals surface area (Å²) in [4.78, 5) is 37.1. The number of H-pyrrole nitrogens is 1. The molecule has 186 valence electrons. The summed E-state index contributed by atoms with van der Waals surface area (Å²) in [6.07, 6.45) is 7.81. The van der Waals surface area contributed by atoms with Crippen molar-refractivity contribution in [2.45, 2.75) is 57.5 Å². The summed E-state index contributed by atoms with van der Waals surface area (Å²) in [7, 11) is 0. The van der Waals surface area contributed by atoms with E-state index in [4.69, 9.17) is 9.72 Å². The van der Waals surface area contributed by atoms with Crippen molar-refractivity contribution in [1.29, 1.82) is 0 Å². The molecule has 2 fully saturated rings. The van der Waals surface area contributed by atoms with Gasteiger partial charge in [-0.2, -0.15) is 0 Å². The molecule has 0 atom stereocenters. The fraction of sp³-hybridized carbons (Fsp3) is 0.464. The van der Waals surface area contributed by atoms with Crippen molar-refractivity contribution in [2.24, 2.45) is 5.92 Å². The van der Waals surface area contributed by atoms with E-state index in [2.05, 4.69) is 22.0 Å². The zero-order valence-corrected chi connectivity index (χ0v) is 21.1. The molecule has 0 amide bonds. The molecule has 1 N–H and O–H groups in total. The molecule has 5 heterocycles. The number of benzene rings is 2. The highest BCUT2D eigenvalue weighted by Gasteiger charge is 2.27. The standard InChI is InChI=1S/C28H30N4O3S/c33-27-24-20-5-4-6-21-26(20)36-32(28(21)34)19-9-7-17(8-10-19)16-35-23-14-18(13-22(29-27)25(23)30-24)15-31-11-2-1-3-12-31/h4-6,13-14,17,19H,1-3,7-12,15-16H2,(H,29,33). The first kappa shape index (κ1) is 22.2. The Kier molecular flexibility index (Phi) is 5.47. The molecule has 7 nitrogen and oxygen atoms in total. The largest absolute Gasteiger partial charge is 0.491 e. The molecule has 3 aliphatic heterocycles. The van der Waals surface area contributed by atoms with Crippen LogP contribution in [0.1, 0.15) is 56.6 Å². The topological polar surface area (TPSA) is 80.2 Å². The number of nitrogens with zero attached hydrogens (tertiary/aromatic N) is 3. The van der Waals surface area contributed by atoms with E-state index in [0.717, 1.165) is 61.3 Å². The first-order valence-electron chi connectivity index (χ1n) is 13.2. The molecule has 0 radical (unpaired) electrons. The van der Waals surface area contributed by atoms with Crippen molar-refractivity contribution < 1.29 is 4.74 Å². The minimum atomic E-state index is -0.239. The van der Waals surface area contributed by atoms with Gasteiger partial charge in [0.05, 0.1) is 22.2 Å². The van der Waals surface area contributed by atoms with Crippen molar-refractivity contribution in [3.8, 4) is 17.0 Å². The van der Waals surface area contributed by atoms with Gasteiger partial charge in [-0.05, 0) is 81.3 Å². The number of hydrogen-bond donors (Lipinski definition) is 1. The molecular formula is C28H30N4O3S. The van der Waals surface area contributed by atoms with Crippen LogP contribution in [0.25, 0.3) is 32.4 Å². The monoisotopic (exact) mass is 502 g/mol. The Morgan fingerprint density at radius 1 is 1.06 bits per heavy atom. The molecule has 8 rings (SSSR count). The summed E-state index contributed by atoms with van der Waals surface area (Å²) >= 11 is 1.49. The summed E-state index contributed by atoms with van der Waals surface area (Å²) in [5.74, 6) is 1.20. The van der Waals surface area contributed by atoms with Gasteiger partial charge in [0.15, 0.2) is 0 Å². The summed E-state index contributed by atoms with van der Waals surface area (Å²) in [5.41, 5.74) is 3.40. The third kappa shape index (κ3) is 3.78. The highest BCUT2D eigenvalue weighted by molar-refractivity contribution is 7.14. The molecule has 4 aliphatic rings. The molecule has 2 aromatic heterocycles. The third-order valence-corrected chi connectivity index (χ3v) is 9.47. The Bertz CT molecular complexity index is 1570. The van der Waals surface area contributed by atoms with E-state index in [-0.39, 0.29) is 17.2 Å². The van der Waals surface area contributed by atoms with E-state index in [9.17, 15) is 9.59 Å². The van der Waals surface area contributed by atoms with Crippen LogP contribution in [0.5, 0.6) is 5.75 Å². The summed E-state index contributed by atoms with van der Waals surface area (Å²) < 4.78 is 9.25. The van der Waals surface area contributed by atoms with Gasteiger partial charge in [-0.25, -0.2) is 4.98 Å². The molecule has 36 heavy (non-hydrogen) atoms. The van der Waals surface area contributed by atoms with Crippen LogP contribution in [0.2, 0.25) is 0 Å². The Balaban J connectivity index is 1.43. The zero-order valence-electron chi connectivity index (χ0n) is 20.3. The van der Waals surface area contributed by atoms with Gasteiger partial charge in [0, 0.05) is 18.2 Å². The van der Waals surface area contributed by atoms with Gasteiger partial charge in [-0.15, -0.1) is 0 Å². The fourth-order valence-electron chi connectivity index (χ4n) is 6.22. The van der Waals surface area contributed by atoms with E-state index in [1.54, 1.807) is 0 Å². The van der Waals surface area contributed by atoms with Crippen LogP contribution in [-0.2, 0) is 6.54 Å². The lowest BCUT2D eigenvalue weighted by Crippen LogP contribution is -2.29. The predicted octanol–water partition coefficient (Wildman–Crippen LogP) is 5.08. The van der Waals surface area contributed by atoms with Crippen LogP contribution < -0.4 is 15.9 Å². The highest BCUT2D eigenvalue weighted by Crippen LogP contribution is 2.38. The lowest BCUT2D eigenvalue weighted by molar-refractivity contribution is 0.187. The molecule has 0 unspecified atom stereocenters. The normalized spacial score (nSPS) is 22.3. The number of fused-ring (bicyclic) bond motifs is 3. The van der Waals surface area contributed by atoms with Crippen LogP contribution in [0.4, 0.5) is 0 Å². The van der Waals surface area contributed by atoms with Crippen LogP contribution in [0.15, 0.2) is 39.9 Å². The summed E-state index contributed by atoms with van der Waals surface area (Å²) in [5, 5.41) is 0.671. The molecule has 1 saturated carbocycles. The number of hydrogen-bond acceptors (Lipinski definition) is 6. The number of nitrogens with one attached hydrogen (secondary N) is 1. The molecule has 1 saturated heterocycles. The maximum Gasteiger partial charge on any atom is 0.275 e. The average Bonchev–Trinajstić information content (AvgIpc) is 3.24. The van der Waals surface area contributed by atoms with Gasteiger partial charge in [-0.1, -0.05) is 30.1 Å². The van der Waals surface area contributed by atoms with Gasteiger partial charge >= 0.3 is 0 Å². The number of likely N-dealkylation sites (tertiary alicyclic amines) is 1. The van der Waals surface area contributed by atoms with Crippen LogP contribution in [0, 0.1) is 5.92 Å². The van der Waals surface area contributed by atoms with E-state index < -0.39 is 0 Å². The smallest absolute Gasteiger partial charge is 0.275 e. The zero-order chi connectivity index (χ0) is 24.2. The molecule has 6 bridgehead atoms. The van der Waals surface area contributed by atoms with Crippen molar-refractivity contribution in [2.75, 3.05) is 19.7 Å². The van der Waals surface area contributed by atoms with E-state index in [0.29, 0.717) is 40.2 Å². The van der Waals surface area contributed by atoms with E-state index in [1.807, 2.05) is 22.2 Å². The Hall–Kier alpha value is -2.97. The first-order valence-corrected chi connectivity index (χ1v) is 14.0. The second kappa shape index (κ2) is 8.85. The van der Waals surface area contributed by atoms with E-state index >= 15 is 0 Å². The quantitative estimate of drug-likeness (QED) is 0.414. The minimum absolute atomic E-state index is 0.0479. The van der Waals surface area contributed by atoms with Crippen molar-refractivity contribution in [1.82, 2.24) is 18.8 Å². The van der Waals surface area contributed by atoms with Crippen LogP contribution >= 0.6 is 11.5 Å². The Morgan fingerprint density at radius 3 is 2.72 bits per heavy atom. The van der Waals surface area contributed by atoms with Gasteiger partial charge in [0.1, 0.15) is 17.0 Å². The lowest BCUT2D eigenvalue weighted by atomic mass is 9.87. The number of rotatable bonds is 2. The van der Waals surface area contributed by atoms with Gasteiger partial charge in [0.2, 0.25) is 0 Å². The number of ether oxygens (including phenoxy) is 1. The van der Waals surface area contributed by atoms with Crippen LogP contribution in [0.3, 0.4) is 0 Å². The Morgan fingerprint density at radius 2 is 1.89 bits per heavy atom. The van der Waals surface area contributed by atoms with Crippen molar-refractivity contribution in [3.05, 3.63) is 56.6 Å². The summed E-state index contributed by atoms with van der Waals surface area (Å²) in [6, 6.07) is 10.0. The molecule has 8 heteroatoms. The average molecular weight is 503 g/mol. The van der Waals surface area contributed by atoms with Crippen molar-refractivity contribution >= 4 is 32.7 Å². The molecule has 1 aliphatic carbocycles. The molecular weight excluding hydrogens is 472 g/mol. The fourth-order valence-corrected chi connectivity index (χ4v) is 7.48. The number of piperidine rings is 1. The Labute approximate surface area is 212 Å². The molecule has 0 spiro atoms. The summed E-state index contributed by atoms with van der Waals surface area (Å²) in [6.45, 7) is 3.70. The first-order chi connectivity index (χ1) is 17.6. The number of aromatic nitrogens is 3.